The fourth-order valence-electron chi connectivity index (χ4n) is 1.65. The van der Waals surface area contributed by atoms with E-state index in [1.54, 1.807) is 0 Å². The van der Waals surface area contributed by atoms with Crippen LogP contribution in [-0.2, 0) is 4.79 Å². The third kappa shape index (κ3) is 8.75. The molecule has 1 atom stereocenters. The van der Waals surface area contributed by atoms with Gasteiger partial charge in [0, 0.05) is 34.6 Å². The van der Waals surface area contributed by atoms with Gasteiger partial charge < -0.3 is 0 Å². The first-order valence-electron chi connectivity index (χ1n) is 5.91. The van der Waals surface area contributed by atoms with Crippen LogP contribution in [0.4, 0.5) is 0 Å². The topological polar surface area (TPSA) is 115 Å². The maximum atomic E-state index is 11.6. The van der Waals surface area contributed by atoms with E-state index in [2.05, 4.69) is 32.7 Å². The highest BCUT2D eigenvalue weighted by Crippen LogP contribution is 2.16. The van der Waals surface area contributed by atoms with Crippen LogP contribution in [0.3, 0.4) is 0 Å². The lowest BCUT2D eigenvalue weighted by Gasteiger charge is -2.13. The highest BCUT2D eigenvalue weighted by molar-refractivity contribution is 7.81. The van der Waals surface area contributed by atoms with Gasteiger partial charge in [-0.1, -0.05) is 23.1 Å². The molecule has 8 heteroatoms. The molecule has 0 bridgehead atoms. The minimum Gasteiger partial charge on any atom is -0.298 e. The fraction of sp³-hybridized carbons (Fsp3) is 0.900. The van der Waals surface area contributed by atoms with Crippen LogP contribution in [0.25, 0.3) is 20.9 Å². The Hall–Kier alpha value is -1.36. The summed E-state index contributed by atoms with van der Waals surface area (Å²) in [7, 11) is 0. The van der Waals surface area contributed by atoms with Crippen molar-refractivity contribution in [2.24, 2.45) is 16.1 Å². The lowest BCUT2D eigenvalue weighted by atomic mass is 9.94. The monoisotopic (exact) mass is 270 g/mol. The first kappa shape index (κ1) is 16.6. The van der Waals surface area contributed by atoms with E-state index in [4.69, 9.17) is 11.1 Å². The molecule has 0 aliphatic heterocycles. The molecular formula is C10H18N6OS. The Bertz CT molecular complexity index is 335. The van der Waals surface area contributed by atoms with Crippen molar-refractivity contribution < 1.29 is 4.79 Å². The van der Waals surface area contributed by atoms with Gasteiger partial charge in [-0.3, -0.25) is 4.79 Å². The van der Waals surface area contributed by atoms with Crippen LogP contribution >= 0.6 is 12.6 Å². The van der Waals surface area contributed by atoms with Crippen molar-refractivity contribution in [2.45, 2.75) is 32.1 Å². The Morgan fingerprint density at radius 2 is 1.72 bits per heavy atom. The van der Waals surface area contributed by atoms with Crippen LogP contribution in [0.5, 0.6) is 0 Å². The predicted octanol–water partition coefficient (Wildman–Crippen LogP) is 3.67. The van der Waals surface area contributed by atoms with Gasteiger partial charge in [-0.25, -0.2) is 0 Å². The van der Waals surface area contributed by atoms with E-state index in [-0.39, 0.29) is 17.5 Å². The number of nitrogens with zero attached hydrogens (tertiary/aromatic N) is 6. The molecule has 0 fully saturated rings. The number of carbonyl (C=O) groups is 1. The molecule has 1 unspecified atom stereocenters. The van der Waals surface area contributed by atoms with E-state index in [1.165, 1.54) is 0 Å². The summed E-state index contributed by atoms with van der Waals surface area (Å²) in [6.07, 6.45) is 4.02. The lowest BCUT2D eigenvalue weighted by Crippen LogP contribution is -2.17. The van der Waals surface area contributed by atoms with Crippen LogP contribution in [0.15, 0.2) is 10.2 Å². The molecule has 18 heavy (non-hydrogen) atoms. The molecule has 0 aromatic rings. The molecule has 7 nitrogen and oxygen atoms in total. The normalized spacial score (nSPS) is 11.2. The van der Waals surface area contributed by atoms with Gasteiger partial charge in [-0.05, 0) is 30.3 Å². The van der Waals surface area contributed by atoms with Gasteiger partial charge in [0.25, 0.3) is 0 Å². The van der Waals surface area contributed by atoms with Crippen molar-refractivity contribution in [2.75, 3.05) is 18.8 Å². The summed E-state index contributed by atoms with van der Waals surface area (Å²) in [4.78, 5) is 16.9. The zero-order valence-electron chi connectivity index (χ0n) is 10.3. The van der Waals surface area contributed by atoms with Crippen LogP contribution in [0.2, 0.25) is 0 Å². The molecule has 100 valence electrons. The number of unbranched alkanes of at least 4 members (excludes halogenated alkanes) is 2. The Morgan fingerprint density at radius 1 is 1.06 bits per heavy atom. The van der Waals surface area contributed by atoms with Crippen LogP contribution in [0.1, 0.15) is 32.1 Å². The zero-order chi connectivity index (χ0) is 13.6. The summed E-state index contributed by atoms with van der Waals surface area (Å²) in [5.74, 6) is 0.244. The maximum absolute atomic E-state index is 11.6. The first-order valence-corrected chi connectivity index (χ1v) is 6.54. The largest absolute Gasteiger partial charge is 0.298 e. The molecule has 0 aliphatic rings. The summed E-state index contributed by atoms with van der Waals surface area (Å²) in [5, 5.41) is 6.89. The standard InChI is InChI=1S/C10H18N6OS/c11-15-13-6-3-1-2-4-9(10(17)8-18)5-7-14-16-12/h9,18H,1-8H2. The molecule has 0 aromatic carbocycles. The van der Waals surface area contributed by atoms with Crippen molar-refractivity contribution in [3.63, 3.8) is 0 Å². The zero-order valence-corrected chi connectivity index (χ0v) is 11.2. The Labute approximate surface area is 112 Å². The number of Topliss-reactive ketones (excluding diaryl/α,β-unsaturated/α-hetero) is 1. The average Bonchev–Trinajstić information content (AvgIpc) is 2.40. The average molecular weight is 270 g/mol. The second kappa shape index (κ2) is 12.1. The summed E-state index contributed by atoms with van der Waals surface area (Å²) >= 11 is 3.98. The van der Waals surface area contributed by atoms with Crippen LogP contribution < -0.4 is 0 Å². The van der Waals surface area contributed by atoms with Crippen LogP contribution in [0, 0.1) is 5.92 Å². The second-order valence-corrected chi connectivity index (χ2v) is 4.18. The van der Waals surface area contributed by atoms with Gasteiger partial charge in [0.2, 0.25) is 0 Å². The number of ketones is 1. The fourth-order valence-corrected chi connectivity index (χ4v) is 1.91. The summed E-state index contributed by atoms with van der Waals surface area (Å²) < 4.78 is 0. The third-order valence-electron chi connectivity index (χ3n) is 2.63. The lowest BCUT2D eigenvalue weighted by molar-refractivity contribution is -0.120. The van der Waals surface area contributed by atoms with E-state index in [0.29, 0.717) is 19.5 Å². The smallest absolute Gasteiger partial charge is 0.145 e. The number of rotatable bonds is 11. The van der Waals surface area contributed by atoms with Crippen molar-refractivity contribution in [3.8, 4) is 0 Å². The van der Waals surface area contributed by atoms with Gasteiger partial charge in [-0.15, -0.1) is 0 Å². The highest BCUT2D eigenvalue weighted by atomic mass is 32.1. The number of carbonyl (C=O) groups excluding carboxylic acids is 1. The van der Waals surface area contributed by atoms with E-state index < -0.39 is 0 Å². The van der Waals surface area contributed by atoms with E-state index in [9.17, 15) is 4.79 Å². The van der Waals surface area contributed by atoms with E-state index >= 15 is 0 Å². The van der Waals surface area contributed by atoms with E-state index in [1.807, 2.05) is 0 Å². The summed E-state index contributed by atoms with van der Waals surface area (Å²) in [6, 6.07) is 0. The number of thiol groups is 1. The molecule has 0 N–H and O–H groups in total. The molecule has 0 rings (SSSR count). The van der Waals surface area contributed by atoms with E-state index in [0.717, 1.165) is 25.7 Å². The molecule has 0 aromatic heterocycles. The Morgan fingerprint density at radius 3 is 2.33 bits per heavy atom. The molecule has 0 saturated carbocycles. The Kier molecular flexibility index (Phi) is 11.2. The van der Waals surface area contributed by atoms with Gasteiger partial charge >= 0.3 is 0 Å². The van der Waals surface area contributed by atoms with Crippen molar-refractivity contribution in [3.05, 3.63) is 20.9 Å². The third-order valence-corrected chi connectivity index (χ3v) is 2.94. The van der Waals surface area contributed by atoms with Crippen molar-refractivity contribution in [1.29, 1.82) is 0 Å². The quantitative estimate of drug-likeness (QED) is 0.199. The number of hydrogen-bond donors (Lipinski definition) is 1. The molecule has 0 heterocycles. The SMILES string of the molecule is [N-]=[N+]=NCCCCCC(CCN=[N+]=[N-])C(=O)CS. The summed E-state index contributed by atoms with van der Waals surface area (Å²) in [5.41, 5.74) is 16.3. The first-order chi connectivity index (χ1) is 8.76. The van der Waals surface area contributed by atoms with Crippen molar-refractivity contribution in [1.82, 2.24) is 0 Å². The second-order valence-electron chi connectivity index (χ2n) is 3.87. The minimum absolute atomic E-state index is 0.0764. The highest BCUT2D eigenvalue weighted by Gasteiger charge is 2.15. The van der Waals surface area contributed by atoms with Crippen LogP contribution in [-0.4, -0.2) is 24.6 Å². The van der Waals surface area contributed by atoms with Crippen molar-refractivity contribution >= 4 is 18.4 Å². The maximum Gasteiger partial charge on any atom is 0.145 e. The number of azide groups is 2. The molecule has 0 radical (unpaired) electrons. The minimum atomic E-state index is -0.0764. The number of hydrogen-bond acceptors (Lipinski definition) is 4. The molecule has 0 saturated heterocycles. The molecule has 0 aliphatic carbocycles. The van der Waals surface area contributed by atoms with Gasteiger partial charge in [-0.2, -0.15) is 12.6 Å². The van der Waals surface area contributed by atoms with Gasteiger partial charge in [0.1, 0.15) is 5.78 Å². The predicted molar refractivity (Wildman–Crippen MR) is 73.5 cm³/mol. The van der Waals surface area contributed by atoms with Gasteiger partial charge in [0.15, 0.2) is 0 Å². The Balaban J connectivity index is 3.89. The molecule has 0 amide bonds. The van der Waals surface area contributed by atoms with Gasteiger partial charge in [0.05, 0.1) is 0 Å². The molecule has 0 spiro atoms. The molecular weight excluding hydrogens is 252 g/mol. The summed E-state index contributed by atoms with van der Waals surface area (Å²) in [6.45, 7) is 0.847.